The molecule has 1 fully saturated rings. The maximum Gasteiger partial charge on any atom is 0.122 e. The maximum absolute atomic E-state index is 5.75. The summed E-state index contributed by atoms with van der Waals surface area (Å²) in [5.41, 5.74) is 1.44. The normalized spacial score (nSPS) is 24.4. The van der Waals surface area contributed by atoms with Crippen molar-refractivity contribution in [2.24, 2.45) is 0 Å². The summed E-state index contributed by atoms with van der Waals surface area (Å²) in [7, 11) is 0. The van der Waals surface area contributed by atoms with Gasteiger partial charge in [-0.25, -0.2) is 0 Å². The molecule has 0 spiro atoms. The Morgan fingerprint density at radius 3 is 2.75 bits per heavy atom. The van der Waals surface area contributed by atoms with Gasteiger partial charge in [0.2, 0.25) is 0 Å². The third kappa shape index (κ3) is 3.86. The van der Waals surface area contributed by atoms with E-state index in [2.05, 4.69) is 50.9 Å². The van der Waals surface area contributed by atoms with E-state index in [-0.39, 0.29) is 5.54 Å². The fourth-order valence-corrected chi connectivity index (χ4v) is 3.04. The summed E-state index contributed by atoms with van der Waals surface area (Å²) in [5, 5.41) is 3.55. The van der Waals surface area contributed by atoms with E-state index in [1.807, 2.05) is 6.26 Å². The molecule has 0 aliphatic carbocycles. The first-order valence-corrected chi connectivity index (χ1v) is 7.96. The van der Waals surface area contributed by atoms with Gasteiger partial charge in [-0.2, -0.15) is 0 Å². The topological polar surface area (TPSA) is 28.4 Å². The molecular weight excluding hydrogens is 248 g/mol. The number of rotatable bonds is 5. The Kier molecular flexibility index (Phi) is 4.92. The molecule has 2 heterocycles. The third-order valence-corrected chi connectivity index (χ3v) is 4.40. The minimum Gasteiger partial charge on any atom is -0.468 e. The average Bonchev–Trinajstić information content (AvgIpc) is 2.95. The molecule has 3 nitrogen and oxygen atoms in total. The van der Waals surface area contributed by atoms with Crippen molar-refractivity contribution in [3.05, 3.63) is 23.7 Å². The van der Waals surface area contributed by atoms with Gasteiger partial charge >= 0.3 is 0 Å². The van der Waals surface area contributed by atoms with Crippen LogP contribution in [0, 0.1) is 0 Å². The first kappa shape index (κ1) is 15.6. The molecule has 114 valence electrons. The van der Waals surface area contributed by atoms with Gasteiger partial charge in [0, 0.05) is 29.7 Å². The van der Waals surface area contributed by atoms with Crippen LogP contribution in [0.5, 0.6) is 0 Å². The molecule has 2 atom stereocenters. The number of hydrogen-bond acceptors (Lipinski definition) is 3. The lowest BCUT2D eigenvalue weighted by molar-refractivity contribution is 0.174. The van der Waals surface area contributed by atoms with Crippen molar-refractivity contribution < 1.29 is 4.42 Å². The molecule has 0 saturated carbocycles. The maximum atomic E-state index is 5.75. The highest BCUT2D eigenvalue weighted by Crippen LogP contribution is 2.28. The molecule has 0 radical (unpaired) electrons. The van der Waals surface area contributed by atoms with Crippen LogP contribution >= 0.6 is 0 Å². The predicted molar refractivity (Wildman–Crippen MR) is 83.6 cm³/mol. The zero-order chi connectivity index (χ0) is 14.8. The first-order valence-electron chi connectivity index (χ1n) is 7.96. The summed E-state index contributed by atoms with van der Waals surface area (Å²) in [5.74, 6) is 1.13. The van der Waals surface area contributed by atoms with E-state index in [0.717, 1.165) is 24.9 Å². The molecule has 3 heteroatoms. The quantitative estimate of drug-likeness (QED) is 0.884. The minimum absolute atomic E-state index is 0.140. The first-order chi connectivity index (χ1) is 9.40. The second-order valence-corrected chi connectivity index (χ2v) is 7.13. The summed E-state index contributed by atoms with van der Waals surface area (Å²) in [4.78, 5) is 2.61. The van der Waals surface area contributed by atoms with Crippen molar-refractivity contribution in [2.75, 3.05) is 0 Å². The summed E-state index contributed by atoms with van der Waals surface area (Å²) in [6.45, 7) is 13.1. The molecule has 2 rings (SSSR count). The summed E-state index contributed by atoms with van der Waals surface area (Å²) < 4.78 is 5.75. The van der Waals surface area contributed by atoms with E-state index in [9.17, 15) is 0 Å². The van der Waals surface area contributed by atoms with Gasteiger partial charge in [-0.3, -0.25) is 4.90 Å². The molecule has 20 heavy (non-hydrogen) atoms. The molecule has 2 unspecified atom stereocenters. The van der Waals surface area contributed by atoms with Gasteiger partial charge in [0.25, 0.3) is 0 Å². The van der Waals surface area contributed by atoms with E-state index in [1.54, 1.807) is 0 Å². The fraction of sp³-hybridized carbons (Fsp3) is 0.765. The highest BCUT2D eigenvalue weighted by Gasteiger charge is 2.30. The van der Waals surface area contributed by atoms with Crippen LogP contribution in [0.3, 0.4) is 0 Å². The Morgan fingerprint density at radius 2 is 2.10 bits per heavy atom. The molecule has 0 bridgehead atoms. The largest absolute Gasteiger partial charge is 0.468 e. The molecule has 1 N–H and O–H groups in total. The van der Waals surface area contributed by atoms with Crippen LogP contribution in [0.4, 0.5) is 0 Å². The van der Waals surface area contributed by atoms with E-state index in [4.69, 9.17) is 4.42 Å². The van der Waals surface area contributed by atoms with E-state index in [1.165, 1.54) is 24.8 Å². The number of nitrogens with zero attached hydrogens (tertiary/aromatic N) is 1. The highest BCUT2D eigenvalue weighted by atomic mass is 16.3. The Labute approximate surface area is 123 Å². The lowest BCUT2D eigenvalue weighted by Gasteiger charge is -2.27. The van der Waals surface area contributed by atoms with Gasteiger partial charge in [-0.05, 0) is 53.0 Å². The van der Waals surface area contributed by atoms with E-state index < -0.39 is 0 Å². The SMILES string of the molecule is CCC1CCC(C)N1Cc1occc1CNC(C)(C)C. The van der Waals surface area contributed by atoms with Crippen molar-refractivity contribution in [3.63, 3.8) is 0 Å². The van der Waals surface area contributed by atoms with Gasteiger partial charge < -0.3 is 9.73 Å². The van der Waals surface area contributed by atoms with Crippen LogP contribution in [0.1, 0.15) is 65.2 Å². The predicted octanol–water partition coefficient (Wildman–Crippen LogP) is 3.93. The number of hydrogen-bond donors (Lipinski definition) is 1. The summed E-state index contributed by atoms with van der Waals surface area (Å²) >= 11 is 0. The monoisotopic (exact) mass is 278 g/mol. The number of likely N-dealkylation sites (tertiary alicyclic amines) is 1. The number of furan rings is 1. The molecule has 1 aromatic heterocycles. The van der Waals surface area contributed by atoms with Gasteiger partial charge in [0.05, 0.1) is 12.8 Å². The Balaban J connectivity index is 2.01. The molecule has 1 saturated heterocycles. The Bertz CT molecular complexity index is 419. The molecule has 0 amide bonds. The molecular formula is C17H30N2O. The van der Waals surface area contributed by atoms with E-state index >= 15 is 0 Å². The van der Waals surface area contributed by atoms with E-state index in [0.29, 0.717) is 6.04 Å². The van der Waals surface area contributed by atoms with Crippen molar-refractivity contribution in [1.29, 1.82) is 0 Å². The van der Waals surface area contributed by atoms with Gasteiger partial charge in [0.15, 0.2) is 0 Å². The average molecular weight is 278 g/mol. The van der Waals surface area contributed by atoms with Gasteiger partial charge in [0.1, 0.15) is 5.76 Å². The van der Waals surface area contributed by atoms with Crippen LogP contribution in [0.15, 0.2) is 16.7 Å². The molecule has 1 aliphatic rings. The second-order valence-electron chi connectivity index (χ2n) is 7.13. The molecule has 1 aromatic rings. The zero-order valence-electron chi connectivity index (χ0n) is 13.7. The van der Waals surface area contributed by atoms with Crippen molar-refractivity contribution >= 4 is 0 Å². The molecule has 1 aliphatic heterocycles. The highest BCUT2D eigenvalue weighted by molar-refractivity contribution is 5.17. The smallest absolute Gasteiger partial charge is 0.122 e. The Morgan fingerprint density at radius 1 is 1.35 bits per heavy atom. The third-order valence-electron chi connectivity index (χ3n) is 4.40. The van der Waals surface area contributed by atoms with Crippen LogP contribution in [-0.2, 0) is 13.1 Å². The lowest BCUT2D eigenvalue weighted by atomic mass is 10.1. The standard InChI is InChI=1S/C17H30N2O/c1-6-15-8-7-13(2)19(15)12-16-14(9-10-20-16)11-18-17(3,4)5/h9-10,13,15,18H,6-8,11-12H2,1-5H3. The summed E-state index contributed by atoms with van der Waals surface area (Å²) in [6.07, 6.45) is 5.71. The van der Waals surface area contributed by atoms with Crippen LogP contribution in [-0.4, -0.2) is 22.5 Å². The van der Waals surface area contributed by atoms with Crippen LogP contribution < -0.4 is 5.32 Å². The lowest BCUT2D eigenvalue weighted by Crippen LogP contribution is -2.36. The van der Waals surface area contributed by atoms with Gasteiger partial charge in [-0.1, -0.05) is 6.92 Å². The Hall–Kier alpha value is -0.800. The second kappa shape index (κ2) is 6.31. The summed E-state index contributed by atoms with van der Waals surface area (Å²) in [6, 6.07) is 3.50. The van der Waals surface area contributed by atoms with Crippen molar-refractivity contribution in [3.8, 4) is 0 Å². The molecule has 0 aromatic carbocycles. The number of nitrogens with one attached hydrogen (secondary N) is 1. The fourth-order valence-electron chi connectivity index (χ4n) is 3.04. The minimum atomic E-state index is 0.140. The van der Waals surface area contributed by atoms with Gasteiger partial charge in [-0.15, -0.1) is 0 Å². The zero-order valence-corrected chi connectivity index (χ0v) is 13.7. The van der Waals surface area contributed by atoms with Crippen LogP contribution in [0.25, 0.3) is 0 Å². The van der Waals surface area contributed by atoms with Crippen molar-refractivity contribution in [1.82, 2.24) is 10.2 Å². The van der Waals surface area contributed by atoms with Crippen LogP contribution in [0.2, 0.25) is 0 Å². The van der Waals surface area contributed by atoms with Crippen molar-refractivity contribution in [2.45, 2.75) is 84.6 Å².